The molecule has 0 aliphatic rings. The van der Waals surface area contributed by atoms with Crippen LogP contribution >= 0.6 is 11.3 Å². The molecule has 1 heterocycles. The minimum atomic E-state index is -4.57. The number of rotatable bonds is 11. The number of aliphatic hydroxyl groups is 1. The highest BCUT2D eigenvalue weighted by Gasteiger charge is 2.35. The first-order valence-corrected chi connectivity index (χ1v) is 11.6. The lowest BCUT2D eigenvalue weighted by molar-refractivity contribution is -0.138. The highest BCUT2D eigenvalue weighted by Crippen LogP contribution is 2.39. The Morgan fingerprint density at radius 3 is 2.42 bits per heavy atom. The van der Waals surface area contributed by atoms with Gasteiger partial charge in [-0.05, 0) is 49.9 Å². The van der Waals surface area contributed by atoms with Crippen LogP contribution in [0.4, 0.5) is 13.2 Å². The Morgan fingerprint density at radius 2 is 1.73 bits per heavy atom. The van der Waals surface area contributed by atoms with Crippen molar-refractivity contribution in [1.82, 2.24) is 10.2 Å². The Bertz CT molecular complexity index is 1020. The monoisotopic (exact) mass is 479 g/mol. The van der Waals surface area contributed by atoms with Crippen LogP contribution in [0.3, 0.4) is 0 Å². The first kappa shape index (κ1) is 25.1. The van der Waals surface area contributed by atoms with Gasteiger partial charge >= 0.3 is 6.18 Å². The van der Waals surface area contributed by atoms with Gasteiger partial charge in [0.05, 0.1) is 24.3 Å². The van der Waals surface area contributed by atoms with Crippen LogP contribution in [0.15, 0.2) is 48.5 Å². The summed E-state index contributed by atoms with van der Waals surface area (Å²) >= 11 is 1.05. The first-order chi connectivity index (χ1) is 15.7. The van der Waals surface area contributed by atoms with Crippen molar-refractivity contribution in [1.29, 1.82) is 0 Å². The van der Waals surface area contributed by atoms with E-state index in [9.17, 15) is 18.3 Å². The minimum Gasteiger partial charge on any atom is -0.493 e. The first-order valence-electron chi connectivity index (χ1n) is 10.8. The third-order valence-corrected chi connectivity index (χ3v) is 6.49. The van der Waals surface area contributed by atoms with Gasteiger partial charge in [-0.1, -0.05) is 54.5 Å². The predicted molar refractivity (Wildman–Crippen MR) is 123 cm³/mol. The van der Waals surface area contributed by atoms with Gasteiger partial charge in [-0.2, -0.15) is 13.2 Å². The predicted octanol–water partition coefficient (Wildman–Crippen LogP) is 5.57. The molecule has 0 aliphatic carbocycles. The fourth-order valence-electron chi connectivity index (χ4n) is 3.26. The molecule has 0 amide bonds. The SMILES string of the molecule is C[C@](N)(CO)c1nnc(-c2ccc(OCCCCCCc3ccccc3)c(C(F)(F)F)c2)s1. The Balaban J connectivity index is 1.57. The molecule has 1 atom stereocenters. The van der Waals surface area contributed by atoms with Gasteiger partial charge in [-0.3, -0.25) is 0 Å². The number of hydrogen-bond acceptors (Lipinski definition) is 6. The second-order valence-corrected chi connectivity index (χ2v) is 9.17. The van der Waals surface area contributed by atoms with Gasteiger partial charge in [0.15, 0.2) is 0 Å². The van der Waals surface area contributed by atoms with Crippen molar-refractivity contribution in [3.63, 3.8) is 0 Å². The lowest BCUT2D eigenvalue weighted by Gasteiger charge is -2.17. The molecule has 0 spiro atoms. The van der Waals surface area contributed by atoms with E-state index < -0.39 is 17.3 Å². The molecule has 3 N–H and O–H groups in total. The highest BCUT2D eigenvalue weighted by atomic mass is 32.1. The summed E-state index contributed by atoms with van der Waals surface area (Å²) in [6.07, 6.45) is 0.0375. The summed E-state index contributed by atoms with van der Waals surface area (Å²) in [5, 5.41) is 17.9. The summed E-state index contributed by atoms with van der Waals surface area (Å²) in [4.78, 5) is 0. The highest BCUT2D eigenvalue weighted by molar-refractivity contribution is 7.14. The zero-order valence-electron chi connectivity index (χ0n) is 18.4. The maximum Gasteiger partial charge on any atom is 0.419 e. The van der Waals surface area contributed by atoms with E-state index in [1.807, 2.05) is 18.2 Å². The van der Waals surface area contributed by atoms with Gasteiger partial charge in [-0.15, -0.1) is 10.2 Å². The Labute approximate surface area is 195 Å². The van der Waals surface area contributed by atoms with E-state index in [4.69, 9.17) is 10.5 Å². The number of halogens is 3. The number of aryl methyl sites for hydroxylation is 1. The fourth-order valence-corrected chi connectivity index (χ4v) is 4.15. The van der Waals surface area contributed by atoms with Crippen molar-refractivity contribution < 1.29 is 23.0 Å². The molecule has 0 fully saturated rings. The lowest BCUT2D eigenvalue weighted by Crippen LogP contribution is -2.36. The van der Waals surface area contributed by atoms with E-state index in [1.54, 1.807) is 6.92 Å². The van der Waals surface area contributed by atoms with Crippen molar-refractivity contribution >= 4 is 11.3 Å². The Kier molecular flexibility index (Phi) is 8.45. The smallest absolute Gasteiger partial charge is 0.419 e. The molecule has 178 valence electrons. The van der Waals surface area contributed by atoms with Crippen molar-refractivity contribution in [2.24, 2.45) is 5.73 Å². The number of nitrogens with zero attached hydrogens (tertiary/aromatic N) is 2. The molecule has 33 heavy (non-hydrogen) atoms. The van der Waals surface area contributed by atoms with E-state index >= 15 is 0 Å². The van der Waals surface area contributed by atoms with Crippen molar-refractivity contribution in [3.8, 4) is 16.3 Å². The number of unbranched alkanes of at least 4 members (excludes halogenated alkanes) is 3. The molecule has 2 aromatic carbocycles. The van der Waals surface area contributed by atoms with Gasteiger partial charge in [0, 0.05) is 5.56 Å². The number of benzene rings is 2. The molecule has 9 heteroatoms. The van der Waals surface area contributed by atoms with Crippen LogP contribution in [-0.4, -0.2) is 28.5 Å². The van der Waals surface area contributed by atoms with Crippen LogP contribution in [0.1, 0.15) is 48.7 Å². The van der Waals surface area contributed by atoms with Crippen LogP contribution < -0.4 is 10.5 Å². The molecular weight excluding hydrogens is 451 g/mol. The lowest BCUT2D eigenvalue weighted by atomic mass is 10.1. The van der Waals surface area contributed by atoms with E-state index in [1.165, 1.54) is 17.7 Å². The average Bonchev–Trinajstić information content (AvgIpc) is 3.30. The summed E-state index contributed by atoms with van der Waals surface area (Å²) in [7, 11) is 0. The molecule has 3 aromatic rings. The summed E-state index contributed by atoms with van der Waals surface area (Å²) in [5.74, 6) is -0.195. The maximum absolute atomic E-state index is 13.7. The second kappa shape index (κ2) is 11.1. The zero-order chi connectivity index (χ0) is 23.9. The van der Waals surface area contributed by atoms with Gasteiger partial charge in [0.2, 0.25) is 0 Å². The molecule has 0 bridgehead atoms. The van der Waals surface area contributed by atoms with Gasteiger partial charge in [0.25, 0.3) is 0 Å². The summed E-state index contributed by atoms with van der Waals surface area (Å²) < 4.78 is 46.5. The molecule has 0 unspecified atom stereocenters. The molecule has 1 aromatic heterocycles. The van der Waals surface area contributed by atoms with Crippen LogP contribution in [0.5, 0.6) is 5.75 Å². The van der Waals surface area contributed by atoms with Crippen molar-refractivity contribution in [3.05, 3.63) is 64.7 Å². The largest absolute Gasteiger partial charge is 0.493 e. The van der Waals surface area contributed by atoms with Crippen LogP contribution in [0.2, 0.25) is 0 Å². The average molecular weight is 480 g/mol. The number of aromatic nitrogens is 2. The quantitative estimate of drug-likeness (QED) is 0.351. The maximum atomic E-state index is 13.7. The fraction of sp³-hybridized carbons (Fsp3) is 0.417. The van der Waals surface area contributed by atoms with E-state index in [-0.39, 0.29) is 24.5 Å². The van der Waals surface area contributed by atoms with Crippen LogP contribution in [-0.2, 0) is 18.1 Å². The van der Waals surface area contributed by atoms with Crippen molar-refractivity contribution in [2.45, 2.75) is 50.7 Å². The standard InChI is InChI=1S/C24H28F3N3O2S/c1-23(28,16-31)22-30-29-21(33-22)18-12-13-20(19(15-18)24(25,26)27)32-14-8-3-2-5-9-17-10-6-4-7-11-17/h4,6-7,10-13,15,31H,2-3,5,8-9,14,16,28H2,1H3/t23-/m0/s1. The van der Waals surface area contributed by atoms with Crippen molar-refractivity contribution in [2.75, 3.05) is 13.2 Å². The zero-order valence-corrected chi connectivity index (χ0v) is 19.3. The van der Waals surface area contributed by atoms with E-state index in [0.717, 1.165) is 43.1 Å². The van der Waals surface area contributed by atoms with Gasteiger partial charge in [0.1, 0.15) is 15.8 Å². The Hall–Kier alpha value is -2.49. The van der Waals surface area contributed by atoms with Gasteiger partial charge in [-0.25, -0.2) is 0 Å². The molecule has 5 nitrogen and oxygen atoms in total. The van der Waals surface area contributed by atoms with Crippen LogP contribution in [0, 0.1) is 0 Å². The summed E-state index contributed by atoms with van der Waals surface area (Å²) in [6, 6.07) is 14.1. The number of alkyl halides is 3. The molecule has 0 saturated heterocycles. The third kappa shape index (κ3) is 6.99. The number of ether oxygens (including phenoxy) is 1. The minimum absolute atomic E-state index is 0.195. The molecule has 0 saturated carbocycles. The molecule has 0 radical (unpaired) electrons. The number of aliphatic hydroxyl groups excluding tert-OH is 1. The number of hydrogen-bond donors (Lipinski definition) is 2. The topological polar surface area (TPSA) is 81.3 Å². The van der Waals surface area contributed by atoms with E-state index in [0.29, 0.717) is 16.4 Å². The molecular formula is C24H28F3N3O2S. The Morgan fingerprint density at radius 1 is 1.00 bits per heavy atom. The second-order valence-electron chi connectivity index (χ2n) is 8.19. The normalized spacial score (nSPS) is 13.6. The number of nitrogens with two attached hydrogens (primary N) is 1. The third-order valence-electron chi connectivity index (χ3n) is 5.23. The molecule has 3 rings (SSSR count). The summed E-state index contributed by atoms with van der Waals surface area (Å²) in [6.45, 7) is 1.45. The summed E-state index contributed by atoms with van der Waals surface area (Å²) in [5.41, 5.74) is 5.55. The van der Waals surface area contributed by atoms with Crippen LogP contribution in [0.25, 0.3) is 10.6 Å². The van der Waals surface area contributed by atoms with Gasteiger partial charge < -0.3 is 15.6 Å². The van der Waals surface area contributed by atoms with E-state index in [2.05, 4.69) is 22.3 Å². The molecule has 0 aliphatic heterocycles.